The minimum Gasteiger partial charge on any atom is -0.481 e. The molecule has 1 heterocycles. The van der Waals surface area contributed by atoms with E-state index >= 15 is 0 Å². The zero-order chi connectivity index (χ0) is 13.1. The first-order chi connectivity index (χ1) is 8.58. The zero-order valence-electron chi connectivity index (χ0n) is 10.7. The Morgan fingerprint density at radius 2 is 1.50 bits per heavy atom. The van der Waals surface area contributed by atoms with E-state index in [1.165, 1.54) is 0 Å². The molecule has 1 saturated carbocycles. The maximum Gasteiger partial charge on any atom is 0.306 e. The minimum atomic E-state index is -0.731. The third-order valence-electron chi connectivity index (χ3n) is 4.28. The first-order valence-electron chi connectivity index (χ1n) is 6.85. The molecule has 18 heavy (non-hydrogen) atoms. The lowest BCUT2D eigenvalue weighted by Crippen LogP contribution is -2.44. The molecule has 5 heteroatoms. The predicted molar refractivity (Wildman–Crippen MR) is 66.9 cm³/mol. The molecule has 0 bridgehead atoms. The summed E-state index contributed by atoms with van der Waals surface area (Å²) in [6.07, 6.45) is 4.82. The first-order valence-corrected chi connectivity index (χ1v) is 6.85. The van der Waals surface area contributed by atoms with Crippen LogP contribution in [0.5, 0.6) is 0 Å². The van der Waals surface area contributed by atoms with Crippen LogP contribution in [-0.4, -0.2) is 41.0 Å². The maximum atomic E-state index is 12.3. The number of hydrogen-bond acceptors (Lipinski definition) is 3. The van der Waals surface area contributed by atoms with E-state index in [1.54, 1.807) is 0 Å². The summed E-state index contributed by atoms with van der Waals surface area (Å²) in [6, 6.07) is 0.256. The highest BCUT2D eigenvalue weighted by Gasteiger charge is 2.32. The highest BCUT2D eigenvalue weighted by molar-refractivity contribution is 5.79. The molecule has 0 aromatic heterocycles. The van der Waals surface area contributed by atoms with E-state index in [2.05, 4.69) is 0 Å². The predicted octanol–water partition coefficient (Wildman–Crippen LogP) is 0.827. The van der Waals surface area contributed by atoms with Crippen molar-refractivity contribution in [3.63, 3.8) is 0 Å². The van der Waals surface area contributed by atoms with E-state index in [0.29, 0.717) is 25.9 Å². The van der Waals surface area contributed by atoms with Gasteiger partial charge in [0.2, 0.25) is 5.91 Å². The van der Waals surface area contributed by atoms with Crippen molar-refractivity contribution in [1.82, 2.24) is 4.90 Å². The molecule has 102 valence electrons. The van der Waals surface area contributed by atoms with Gasteiger partial charge in [0.05, 0.1) is 5.92 Å². The standard InChI is InChI=1S/C13H22N2O3/c14-11-3-1-9(2-4-11)12(16)15-7-5-10(6-8-15)13(17)18/h9-11H,1-8,14H2,(H,17,18). The molecule has 0 aromatic rings. The third kappa shape index (κ3) is 3.02. The van der Waals surface area contributed by atoms with Crippen molar-refractivity contribution < 1.29 is 14.7 Å². The van der Waals surface area contributed by atoms with Gasteiger partial charge in [-0.2, -0.15) is 0 Å². The molecule has 1 saturated heterocycles. The number of carboxylic acids is 1. The summed E-state index contributed by atoms with van der Waals surface area (Å²) < 4.78 is 0. The SMILES string of the molecule is NC1CCC(C(=O)N2CCC(C(=O)O)CC2)CC1. The van der Waals surface area contributed by atoms with Crippen molar-refractivity contribution in [3.05, 3.63) is 0 Å². The fourth-order valence-electron chi connectivity index (χ4n) is 2.97. The molecule has 1 aliphatic heterocycles. The second kappa shape index (κ2) is 5.69. The van der Waals surface area contributed by atoms with E-state index in [9.17, 15) is 9.59 Å². The molecule has 2 fully saturated rings. The smallest absolute Gasteiger partial charge is 0.306 e. The zero-order valence-corrected chi connectivity index (χ0v) is 10.7. The van der Waals surface area contributed by atoms with Crippen LogP contribution in [0.15, 0.2) is 0 Å². The Bertz CT molecular complexity index is 316. The highest BCUT2D eigenvalue weighted by atomic mass is 16.4. The fourth-order valence-corrected chi connectivity index (χ4v) is 2.97. The van der Waals surface area contributed by atoms with Crippen molar-refractivity contribution in [2.24, 2.45) is 17.6 Å². The molecule has 1 amide bonds. The maximum absolute atomic E-state index is 12.3. The number of piperidine rings is 1. The number of amides is 1. The lowest BCUT2D eigenvalue weighted by Gasteiger charge is -2.34. The van der Waals surface area contributed by atoms with Gasteiger partial charge < -0.3 is 15.7 Å². The van der Waals surface area contributed by atoms with Gasteiger partial charge in [-0.15, -0.1) is 0 Å². The van der Waals surface area contributed by atoms with Gasteiger partial charge in [0.1, 0.15) is 0 Å². The summed E-state index contributed by atoms with van der Waals surface area (Å²) in [4.78, 5) is 25.0. The summed E-state index contributed by atoms with van der Waals surface area (Å²) >= 11 is 0. The number of nitrogens with zero attached hydrogens (tertiary/aromatic N) is 1. The number of carbonyl (C=O) groups is 2. The van der Waals surface area contributed by atoms with E-state index in [1.807, 2.05) is 4.90 Å². The van der Waals surface area contributed by atoms with Crippen molar-refractivity contribution in [3.8, 4) is 0 Å². The van der Waals surface area contributed by atoms with Crippen molar-refractivity contribution in [2.75, 3.05) is 13.1 Å². The molecule has 3 N–H and O–H groups in total. The summed E-state index contributed by atoms with van der Waals surface area (Å²) in [5.41, 5.74) is 5.84. The van der Waals surface area contributed by atoms with Gasteiger partial charge in [0, 0.05) is 25.0 Å². The number of likely N-dealkylation sites (tertiary alicyclic amines) is 1. The topological polar surface area (TPSA) is 83.6 Å². The Morgan fingerprint density at radius 1 is 0.944 bits per heavy atom. The number of aliphatic carboxylic acids is 1. The van der Waals surface area contributed by atoms with Crippen LogP contribution in [0.4, 0.5) is 0 Å². The lowest BCUT2D eigenvalue weighted by atomic mass is 9.85. The van der Waals surface area contributed by atoms with Crippen LogP contribution >= 0.6 is 0 Å². The van der Waals surface area contributed by atoms with Gasteiger partial charge in [-0.1, -0.05) is 0 Å². The Hall–Kier alpha value is -1.10. The number of carboxylic acid groups (broad SMARTS) is 1. The molecular weight excluding hydrogens is 232 g/mol. The molecule has 2 aliphatic rings. The quantitative estimate of drug-likeness (QED) is 0.764. The molecule has 0 unspecified atom stereocenters. The third-order valence-corrected chi connectivity index (χ3v) is 4.28. The summed E-state index contributed by atoms with van der Waals surface area (Å²) in [7, 11) is 0. The fraction of sp³-hybridized carbons (Fsp3) is 0.846. The van der Waals surface area contributed by atoms with Crippen molar-refractivity contribution in [1.29, 1.82) is 0 Å². The minimum absolute atomic E-state index is 0.117. The van der Waals surface area contributed by atoms with Crippen LogP contribution in [0, 0.1) is 11.8 Å². The molecule has 0 aromatic carbocycles. The van der Waals surface area contributed by atoms with Crippen LogP contribution in [0.2, 0.25) is 0 Å². The van der Waals surface area contributed by atoms with Gasteiger partial charge in [0.25, 0.3) is 0 Å². The first kappa shape index (κ1) is 13.3. The van der Waals surface area contributed by atoms with Crippen LogP contribution in [0.1, 0.15) is 38.5 Å². The van der Waals surface area contributed by atoms with E-state index in [-0.39, 0.29) is 23.8 Å². The average molecular weight is 254 g/mol. The summed E-state index contributed by atoms with van der Waals surface area (Å²) in [5, 5.41) is 8.92. The molecule has 5 nitrogen and oxygen atoms in total. The Kier molecular flexibility index (Phi) is 4.22. The van der Waals surface area contributed by atoms with Gasteiger partial charge in [0.15, 0.2) is 0 Å². The second-order valence-corrected chi connectivity index (χ2v) is 5.55. The van der Waals surface area contributed by atoms with Crippen LogP contribution in [-0.2, 0) is 9.59 Å². The molecular formula is C13H22N2O3. The Labute approximate surface area is 107 Å². The van der Waals surface area contributed by atoms with Crippen LogP contribution in [0.3, 0.4) is 0 Å². The van der Waals surface area contributed by atoms with Crippen molar-refractivity contribution in [2.45, 2.75) is 44.6 Å². The van der Waals surface area contributed by atoms with Gasteiger partial charge >= 0.3 is 5.97 Å². The molecule has 0 radical (unpaired) electrons. The number of hydrogen-bond donors (Lipinski definition) is 2. The van der Waals surface area contributed by atoms with E-state index in [0.717, 1.165) is 25.7 Å². The molecule has 1 aliphatic carbocycles. The molecule has 0 atom stereocenters. The van der Waals surface area contributed by atoms with Gasteiger partial charge in [-0.05, 0) is 38.5 Å². The van der Waals surface area contributed by atoms with E-state index < -0.39 is 5.97 Å². The highest BCUT2D eigenvalue weighted by Crippen LogP contribution is 2.27. The normalized spacial score (nSPS) is 30.2. The largest absolute Gasteiger partial charge is 0.481 e. The summed E-state index contributed by atoms with van der Waals surface area (Å²) in [6.45, 7) is 1.19. The lowest BCUT2D eigenvalue weighted by molar-refractivity contribution is -0.147. The monoisotopic (exact) mass is 254 g/mol. The molecule has 2 rings (SSSR count). The van der Waals surface area contributed by atoms with Gasteiger partial charge in [-0.3, -0.25) is 9.59 Å². The Morgan fingerprint density at radius 3 is 2.00 bits per heavy atom. The number of nitrogens with two attached hydrogens (primary N) is 1. The number of carbonyl (C=O) groups excluding carboxylic acids is 1. The second-order valence-electron chi connectivity index (χ2n) is 5.55. The summed E-state index contributed by atoms with van der Waals surface area (Å²) in [5.74, 6) is -0.670. The van der Waals surface area contributed by atoms with Crippen molar-refractivity contribution >= 4 is 11.9 Å². The Balaban J connectivity index is 1.82. The average Bonchev–Trinajstić information content (AvgIpc) is 2.39. The van der Waals surface area contributed by atoms with Crippen LogP contribution < -0.4 is 5.73 Å². The molecule has 0 spiro atoms. The number of rotatable bonds is 2. The van der Waals surface area contributed by atoms with Gasteiger partial charge in [-0.25, -0.2) is 0 Å². The van der Waals surface area contributed by atoms with Crippen LogP contribution in [0.25, 0.3) is 0 Å². The van der Waals surface area contributed by atoms with E-state index in [4.69, 9.17) is 10.8 Å².